The molecule has 5 rings (SSSR count). The predicted molar refractivity (Wildman–Crippen MR) is 136 cm³/mol. The molecule has 1 N–H and O–H groups in total. The zero-order valence-corrected chi connectivity index (χ0v) is 20.5. The molecule has 1 amide bonds. The molecule has 0 unspecified atom stereocenters. The second kappa shape index (κ2) is 8.69. The number of thiophene rings is 2. The fourth-order valence-corrected chi connectivity index (χ4v) is 6.44. The number of hydrogen-bond acceptors (Lipinski definition) is 8. The van der Waals surface area contributed by atoms with Crippen LogP contribution in [-0.4, -0.2) is 31.3 Å². The number of thioether (sulfide) groups is 1. The van der Waals surface area contributed by atoms with Crippen molar-refractivity contribution in [3.05, 3.63) is 69.3 Å². The summed E-state index contributed by atoms with van der Waals surface area (Å²) in [7, 11) is 0. The third-order valence-corrected chi connectivity index (χ3v) is 8.39. The Labute approximate surface area is 201 Å². The second-order valence-corrected chi connectivity index (χ2v) is 10.7. The van der Waals surface area contributed by atoms with Gasteiger partial charge in [-0.05, 0) is 38.0 Å². The first-order valence-corrected chi connectivity index (χ1v) is 12.8. The van der Waals surface area contributed by atoms with Crippen molar-refractivity contribution < 1.29 is 4.79 Å². The third-order valence-electron chi connectivity index (χ3n) is 5.20. The lowest BCUT2D eigenvalue weighted by Gasteiger charge is -2.08. The number of aryl methyl sites for hydroxylation is 3. The summed E-state index contributed by atoms with van der Waals surface area (Å²) in [6.45, 7) is 5.70. The summed E-state index contributed by atoms with van der Waals surface area (Å²) in [5.74, 6) is 0.450. The summed E-state index contributed by atoms with van der Waals surface area (Å²) in [5.41, 5.74) is 4.39. The van der Waals surface area contributed by atoms with Gasteiger partial charge in [0.2, 0.25) is 5.91 Å². The Bertz CT molecular complexity index is 1570. The van der Waals surface area contributed by atoms with Gasteiger partial charge in [0.25, 0.3) is 5.56 Å². The molecular weight excluding hydrogens is 474 g/mol. The van der Waals surface area contributed by atoms with E-state index >= 15 is 0 Å². The Kier molecular flexibility index (Phi) is 5.73. The topological polar surface area (TPSA) is 89.8 Å². The molecule has 0 atom stereocenters. The van der Waals surface area contributed by atoms with E-state index in [0.717, 1.165) is 40.8 Å². The maximum absolute atomic E-state index is 12.8. The highest BCUT2D eigenvalue weighted by Crippen LogP contribution is 2.36. The molecule has 33 heavy (non-hydrogen) atoms. The molecule has 0 aliphatic carbocycles. The van der Waals surface area contributed by atoms with E-state index in [4.69, 9.17) is 0 Å². The molecule has 4 heterocycles. The molecule has 166 valence electrons. The Morgan fingerprint density at radius 3 is 2.67 bits per heavy atom. The molecule has 0 bridgehead atoms. The number of aromatic nitrogens is 4. The van der Waals surface area contributed by atoms with Crippen LogP contribution in [0.4, 0.5) is 0 Å². The van der Waals surface area contributed by atoms with Crippen LogP contribution in [0.25, 0.3) is 30.9 Å². The quantitative estimate of drug-likeness (QED) is 0.276. The number of benzene rings is 1. The normalized spacial score (nSPS) is 11.4. The largest absolute Gasteiger partial charge is 0.281 e. The van der Waals surface area contributed by atoms with E-state index in [1.807, 2.05) is 39.0 Å². The Balaban J connectivity index is 1.37. The van der Waals surface area contributed by atoms with Crippen LogP contribution in [0.15, 0.2) is 52.5 Å². The van der Waals surface area contributed by atoms with Crippen LogP contribution in [0, 0.1) is 20.8 Å². The summed E-state index contributed by atoms with van der Waals surface area (Å²) >= 11 is 4.41. The van der Waals surface area contributed by atoms with E-state index in [1.54, 1.807) is 11.3 Å². The molecule has 4 aromatic heterocycles. The lowest BCUT2D eigenvalue weighted by Crippen LogP contribution is -2.34. The zero-order chi connectivity index (χ0) is 23.1. The first-order chi connectivity index (χ1) is 15.9. The first-order valence-electron chi connectivity index (χ1n) is 10.1. The van der Waals surface area contributed by atoms with Gasteiger partial charge in [-0.25, -0.2) is 19.6 Å². The number of rotatable bonds is 5. The van der Waals surface area contributed by atoms with Gasteiger partial charge in [0, 0.05) is 15.1 Å². The molecule has 0 spiro atoms. The number of carbonyl (C=O) groups is 1. The van der Waals surface area contributed by atoms with Crippen molar-refractivity contribution >= 4 is 60.8 Å². The average Bonchev–Trinajstić information content (AvgIpc) is 3.36. The fourth-order valence-electron chi connectivity index (χ4n) is 3.47. The minimum Gasteiger partial charge on any atom is -0.272 e. The smallest absolute Gasteiger partial charge is 0.272 e. The minimum absolute atomic E-state index is 0.105. The summed E-state index contributed by atoms with van der Waals surface area (Å²) in [5, 5.41) is 2.22. The number of hydrogen-bond donors (Lipinski definition) is 1. The fraction of sp³-hybridized carbons (Fsp3) is 0.174. The molecule has 0 aliphatic rings. The van der Waals surface area contributed by atoms with E-state index in [2.05, 4.69) is 38.6 Å². The van der Waals surface area contributed by atoms with Gasteiger partial charge in [0.15, 0.2) is 0 Å². The van der Waals surface area contributed by atoms with Crippen LogP contribution >= 0.6 is 34.4 Å². The van der Waals surface area contributed by atoms with Gasteiger partial charge in [0.1, 0.15) is 26.8 Å². The van der Waals surface area contributed by atoms with E-state index in [0.29, 0.717) is 16.0 Å². The minimum atomic E-state index is -0.309. The van der Waals surface area contributed by atoms with Crippen LogP contribution in [0.5, 0.6) is 0 Å². The summed E-state index contributed by atoms with van der Waals surface area (Å²) < 4.78 is 1.16. The number of carbonyl (C=O) groups excluding carboxylic acids is 1. The van der Waals surface area contributed by atoms with Crippen molar-refractivity contribution in [2.45, 2.75) is 25.8 Å². The van der Waals surface area contributed by atoms with Crippen LogP contribution < -0.4 is 11.0 Å². The van der Waals surface area contributed by atoms with Gasteiger partial charge < -0.3 is 0 Å². The van der Waals surface area contributed by atoms with E-state index < -0.39 is 0 Å². The predicted octanol–water partition coefficient (Wildman–Crippen LogP) is 4.92. The molecular formula is C23H19N5O2S3. The molecule has 7 nitrogen and oxygen atoms in total. The lowest BCUT2D eigenvalue weighted by molar-refractivity contribution is -0.114. The molecule has 0 radical (unpaired) electrons. The van der Waals surface area contributed by atoms with Gasteiger partial charge >= 0.3 is 0 Å². The number of fused-ring (bicyclic) bond motifs is 2. The molecule has 1 aromatic carbocycles. The number of amides is 1. The van der Waals surface area contributed by atoms with Crippen LogP contribution in [-0.2, 0) is 4.79 Å². The Morgan fingerprint density at radius 1 is 1.09 bits per heavy atom. The second-order valence-electron chi connectivity index (χ2n) is 7.48. The highest BCUT2D eigenvalue weighted by Gasteiger charge is 2.16. The third kappa shape index (κ3) is 4.17. The SMILES string of the molecule is Cc1nc(SCC(=O)Nn2cnc3sc(C)c(C)c3c2=O)c2cc(-c3ccccc3)sc2n1. The average molecular weight is 494 g/mol. The standard InChI is InChI=1S/C23H19N5O2S3/c1-12-13(2)32-22-19(12)23(30)28(11-24-22)27-18(29)10-31-20-16-9-17(15-7-5-4-6-8-15)33-21(16)26-14(3)25-20/h4-9,11H,10H2,1-3H3,(H,27,29). The lowest BCUT2D eigenvalue weighted by atomic mass is 10.2. The van der Waals surface area contributed by atoms with Gasteiger partial charge in [0.05, 0.1) is 11.1 Å². The van der Waals surface area contributed by atoms with Gasteiger partial charge in [-0.2, -0.15) is 0 Å². The van der Waals surface area contributed by atoms with Crippen molar-refractivity contribution in [3.8, 4) is 10.4 Å². The van der Waals surface area contributed by atoms with Crippen molar-refractivity contribution in [1.82, 2.24) is 19.6 Å². The molecule has 10 heteroatoms. The molecule has 0 aliphatic heterocycles. The van der Waals surface area contributed by atoms with E-state index in [-0.39, 0.29) is 17.2 Å². The van der Waals surface area contributed by atoms with E-state index in [1.165, 1.54) is 29.4 Å². The summed E-state index contributed by atoms with van der Waals surface area (Å²) in [6.07, 6.45) is 1.36. The van der Waals surface area contributed by atoms with Crippen molar-refractivity contribution in [3.63, 3.8) is 0 Å². The highest BCUT2D eigenvalue weighted by molar-refractivity contribution is 8.00. The summed E-state index contributed by atoms with van der Waals surface area (Å²) in [6, 6.07) is 12.2. The molecule has 0 fully saturated rings. The van der Waals surface area contributed by atoms with Crippen LogP contribution in [0.3, 0.4) is 0 Å². The molecule has 5 aromatic rings. The van der Waals surface area contributed by atoms with Crippen molar-refractivity contribution in [2.75, 3.05) is 11.2 Å². The number of nitrogens with one attached hydrogen (secondary N) is 1. The maximum Gasteiger partial charge on any atom is 0.281 e. The Morgan fingerprint density at radius 2 is 1.88 bits per heavy atom. The van der Waals surface area contributed by atoms with Crippen LogP contribution in [0.1, 0.15) is 16.3 Å². The highest BCUT2D eigenvalue weighted by atomic mass is 32.2. The maximum atomic E-state index is 12.8. The molecule has 0 saturated heterocycles. The van der Waals surface area contributed by atoms with Gasteiger partial charge in [-0.1, -0.05) is 42.1 Å². The first kappa shape index (κ1) is 21.7. The van der Waals surface area contributed by atoms with Gasteiger partial charge in [-0.15, -0.1) is 22.7 Å². The summed E-state index contributed by atoms with van der Waals surface area (Å²) in [4.78, 5) is 42.6. The Hall–Kier alpha value is -3.08. The zero-order valence-electron chi connectivity index (χ0n) is 18.1. The van der Waals surface area contributed by atoms with Crippen molar-refractivity contribution in [2.24, 2.45) is 0 Å². The van der Waals surface area contributed by atoms with E-state index in [9.17, 15) is 9.59 Å². The van der Waals surface area contributed by atoms with Crippen molar-refractivity contribution in [1.29, 1.82) is 0 Å². The van der Waals surface area contributed by atoms with Crippen LogP contribution in [0.2, 0.25) is 0 Å². The molecule has 0 saturated carbocycles. The number of nitrogens with zero attached hydrogens (tertiary/aromatic N) is 4. The monoisotopic (exact) mass is 493 g/mol. The van der Waals surface area contributed by atoms with Gasteiger partial charge in [-0.3, -0.25) is 15.0 Å².